The van der Waals surface area contributed by atoms with Crippen LogP contribution in [0.25, 0.3) is 0 Å². The first-order valence-electron chi connectivity index (χ1n) is 6.07. The van der Waals surface area contributed by atoms with Crippen molar-refractivity contribution in [2.45, 2.75) is 64.6 Å². The number of esters is 2. The number of ether oxygens (including phenoxy) is 2. The first-order chi connectivity index (χ1) is 7.68. The molecule has 1 aliphatic rings. The van der Waals surface area contributed by atoms with Gasteiger partial charge in [0.2, 0.25) is 6.29 Å². The molecular weight excluding hydrogens is 208 g/mol. The molecule has 0 aromatic carbocycles. The van der Waals surface area contributed by atoms with Gasteiger partial charge in [-0.2, -0.15) is 0 Å². The highest BCUT2D eigenvalue weighted by Gasteiger charge is 2.14. The van der Waals surface area contributed by atoms with Gasteiger partial charge in [-0.05, 0) is 12.8 Å². The maximum Gasteiger partial charge on any atom is 0.308 e. The normalized spacial score (nSPS) is 22.3. The van der Waals surface area contributed by atoms with Gasteiger partial charge in [-0.15, -0.1) is 0 Å². The Hall–Kier alpha value is -1.06. The third-order valence-corrected chi connectivity index (χ3v) is 2.61. The van der Waals surface area contributed by atoms with Crippen molar-refractivity contribution in [2.75, 3.05) is 0 Å². The van der Waals surface area contributed by atoms with Crippen LogP contribution in [0.2, 0.25) is 0 Å². The van der Waals surface area contributed by atoms with Gasteiger partial charge >= 0.3 is 11.9 Å². The first-order valence-corrected chi connectivity index (χ1v) is 6.07. The molecule has 0 bridgehead atoms. The summed E-state index contributed by atoms with van der Waals surface area (Å²) in [5, 5.41) is 0. The Kier molecular flexibility index (Phi) is 5.90. The van der Waals surface area contributed by atoms with E-state index in [0.29, 0.717) is 12.8 Å². The number of rotatable bonds is 0. The van der Waals surface area contributed by atoms with E-state index < -0.39 is 6.29 Å². The van der Waals surface area contributed by atoms with Gasteiger partial charge in [-0.3, -0.25) is 9.59 Å². The van der Waals surface area contributed by atoms with Gasteiger partial charge in [0.25, 0.3) is 0 Å². The van der Waals surface area contributed by atoms with Crippen molar-refractivity contribution in [2.24, 2.45) is 0 Å². The fourth-order valence-corrected chi connectivity index (χ4v) is 1.76. The molecule has 0 radical (unpaired) electrons. The second-order valence-electron chi connectivity index (χ2n) is 4.17. The monoisotopic (exact) mass is 228 g/mol. The minimum atomic E-state index is -0.749. The Morgan fingerprint density at radius 1 is 0.812 bits per heavy atom. The Morgan fingerprint density at radius 3 is 1.62 bits per heavy atom. The van der Waals surface area contributed by atoms with Gasteiger partial charge in [0.15, 0.2) is 0 Å². The number of carbonyl (C=O) groups is 2. The molecule has 1 aliphatic heterocycles. The molecular formula is C12H20O4. The van der Waals surface area contributed by atoms with E-state index in [1.54, 1.807) is 6.92 Å². The molecule has 1 heterocycles. The van der Waals surface area contributed by atoms with Crippen LogP contribution in [-0.4, -0.2) is 18.2 Å². The lowest BCUT2D eigenvalue weighted by Gasteiger charge is -2.13. The Labute approximate surface area is 96.3 Å². The number of hydrogen-bond acceptors (Lipinski definition) is 4. The van der Waals surface area contributed by atoms with E-state index in [4.69, 9.17) is 9.47 Å². The molecule has 0 spiro atoms. The molecule has 1 fully saturated rings. The van der Waals surface area contributed by atoms with E-state index in [1.165, 1.54) is 0 Å². The molecule has 1 rings (SSSR count). The molecule has 1 saturated heterocycles. The molecule has 0 unspecified atom stereocenters. The van der Waals surface area contributed by atoms with Crippen LogP contribution in [0.1, 0.15) is 58.3 Å². The van der Waals surface area contributed by atoms with Crippen molar-refractivity contribution in [3.63, 3.8) is 0 Å². The second kappa shape index (κ2) is 7.25. The summed E-state index contributed by atoms with van der Waals surface area (Å²) < 4.78 is 9.90. The molecule has 0 aliphatic carbocycles. The number of carbonyl (C=O) groups excluding carboxylic acids is 2. The smallest absolute Gasteiger partial charge is 0.308 e. The predicted octanol–water partition coefficient (Wildman–Crippen LogP) is 2.55. The third kappa shape index (κ3) is 5.73. The maximum atomic E-state index is 11.3. The van der Waals surface area contributed by atoms with Crippen LogP contribution >= 0.6 is 0 Å². The lowest BCUT2D eigenvalue weighted by Crippen LogP contribution is -2.21. The van der Waals surface area contributed by atoms with E-state index in [2.05, 4.69) is 0 Å². The standard InChI is InChI=1S/C12H20O4/c1-10-15-11(13)8-6-4-2-3-5-7-9-12(14)16-10/h10H,2-9H2,1H3. The van der Waals surface area contributed by atoms with E-state index in [1.807, 2.05) is 0 Å². The zero-order valence-corrected chi connectivity index (χ0v) is 9.87. The summed E-state index contributed by atoms with van der Waals surface area (Å²) in [7, 11) is 0. The summed E-state index contributed by atoms with van der Waals surface area (Å²) in [6.07, 6.45) is 6.16. The quantitative estimate of drug-likeness (QED) is 0.598. The highest BCUT2D eigenvalue weighted by molar-refractivity contribution is 5.71. The number of hydrogen-bond donors (Lipinski definition) is 0. The van der Waals surface area contributed by atoms with Gasteiger partial charge in [-0.1, -0.05) is 25.7 Å². The fourth-order valence-electron chi connectivity index (χ4n) is 1.76. The highest BCUT2D eigenvalue weighted by Crippen LogP contribution is 2.12. The van der Waals surface area contributed by atoms with E-state index in [-0.39, 0.29) is 11.9 Å². The van der Waals surface area contributed by atoms with Crippen molar-refractivity contribution in [1.29, 1.82) is 0 Å². The highest BCUT2D eigenvalue weighted by atomic mass is 16.7. The molecule has 0 saturated carbocycles. The van der Waals surface area contributed by atoms with Crippen LogP contribution in [0.4, 0.5) is 0 Å². The van der Waals surface area contributed by atoms with Gasteiger partial charge in [0.1, 0.15) is 0 Å². The van der Waals surface area contributed by atoms with Crippen LogP contribution in [0.15, 0.2) is 0 Å². The SMILES string of the molecule is CC1OC(=O)CCCCCCCCC(=O)O1. The lowest BCUT2D eigenvalue weighted by atomic mass is 10.1. The average molecular weight is 228 g/mol. The third-order valence-electron chi connectivity index (χ3n) is 2.61. The van der Waals surface area contributed by atoms with Crippen LogP contribution in [0.3, 0.4) is 0 Å². The summed E-state index contributed by atoms with van der Waals surface area (Å²) >= 11 is 0. The Bertz CT molecular complexity index is 213. The van der Waals surface area contributed by atoms with Crippen LogP contribution < -0.4 is 0 Å². The van der Waals surface area contributed by atoms with Gasteiger partial charge < -0.3 is 9.47 Å². The van der Waals surface area contributed by atoms with E-state index in [9.17, 15) is 9.59 Å². The Balaban J connectivity index is 2.39. The predicted molar refractivity (Wildman–Crippen MR) is 58.6 cm³/mol. The van der Waals surface area contributed by atoms with Gasteiger partial charge in [0.05, 0.1) is 0 Å². The largest absolute Gasteiger partial charge is 0.425 e. The summed E-state index contributed by atoms with van der Waals surface area (Å²) in [6, 6.07) is 0. The van der Waals surface area contributed by atoms with Crippen LogP contribution in [0, 0.1) is 0 Å². The van der Waals surface area contributed by atoms with Crippen LogP contribution in [-0.2, 0) is 19.1 Å². The summed E-state index contributed by atoms with van der Waals surface area (Å²) in [6.45, 7) is 1.58. The topological polar surface area (TPSA) is 52.6 Å². The van der Waals surface area contributed by atoms with Crippen LogP contribution in [0.5, 0.6) is 0 Å². The van der Waals surface area contributed by atoms with Gasteiger partial charge in [0, 0.05) is 19.8 Å². The molecule has 16 heavy (non-hydrogen) atoms. The minimum absolute atomic E-state index is 0.278. The fraction of sp³-hybridized carbons (Fsp3) is 0.833. The second-order valence-corrected chi connectivity index (χ2v) is 4.17. The van der Waals surface area contributed by atoms with E-state index >= 15 is 0 Å². The summed E-state index contributed by atoms with van der Waals surface area (Å²) in [4.78, 5) is 22.6. The van der Waals surface area contributed by atoms with Crippen molar-refractivity contribution in [3.05, 3.63) is 0 Å². The first kappa shape index (κ1) is 13.0. The molecule has 4 heteroatoms. The molecule has 4 nitrogen and oxygen atoms in total. The summed E-state index contributed by atoms with van der Waals surface area (Å²) in [5.74, 6) is -0.556. The number of cyclic esters (lactones) is 2. The molecule has 0 aromatic rings. The lowest BCUT2D eigenvalue weighted by molar-refractivity contribution is -0.184. The molecule has 0 aromatic heterocycles. The molecule has 0 atom stereocenters. The van der Waals surface area contributed by atoms with Crippen molar-refractivity contribution in [3.8, 4) is 0 Å². The summed E-state index contributed by atoms with van der Waals surface area (Å²) in [5.41, 5.74) is 0. The van der Waals surface area contributed by atoms with E-state index in [0.717, 1.165) is 38.5 Å². The van der Waals surface area contributed by atoms with Crippen molar-refractivity contribution >= 4 is 11.9 Å². The maximum absolute atomic E-state index is 11.3. The average Bonchev–Trinajstić information content (AvgIpc) is 2.21. The van der Waals surface area contributed by atoms with Crippen molar-refractivity contribution < 1.29 is 19.1 Å². The zero-order chi connectivity index (χ0) is 11.8. The minimum Gasteiger partial charge on any atom is -0.425 e. The van der Waals surface area contributed by atoms with Gasteiger partial charge in [-0.25, -0.2) is 0 Å². The zero-order valence-electron chi connectivity index (χ0n) is 9.87. The molecule has 0 N–H and O–H groups in total. The van der Waals surface area contributed by atoms with Crippen molar-refractivity contribution in [1.82, 2.24) is 0 Å². The molecule has 92 valence electrons. The Morgan fingerprint density at radius 2 is 1.19 bits per heavy atom. The molecule has 0 amide bonds.